The minimum atomic E-state index is 0.628. The molecule has 0 spiro atoms. The van der Waals surface area contributed by atoms with E-state index in [1.807, 2.05) is 0 Å². The Labute approximate surface area is 125 Å². The van der Waals surface area contributed by atoms with Gasteiger partial charge in [-0.1, -0.05) is 23.2 Å². The molecule has 0 aromatic heterocycles. The topological polar surface area (TPSA) is 12.5 Å². The van der Waals surface area contributed by atoms with Gasteiger partial charge in [-0.3, -0.25) is 0 Å². The molecule has 0 amide bonds. The van der Waals surface area contributed by atoms with Crippen molar-refractivity contribution < 1.29 is 4.74 Å². The molecular weight excluding hydrogens is 281 g/mol. The van der Waals surface area contributed by atoms with E-state index < -0.39 is 0 Å². The van der Waals surface area contributed by atoms with Crippen LogP contribution in [0.4, 0.5) is 0 Å². The molecule has 1 aliphatic rings. The van der Waals surface area contributed by atoms with Crippen LogP contribution in [0.1, 0.15) is 25.7 Å². The minimum absolute atomic E-state index is 0.628. The van der Waals surface area contributed by atoms with Gasteiger partial charge in [-0.25, -0.2) is 0 Å². The van der Waals surface area contributed by atoms with Crippen molar-refractivity contribution in [2.75, 3.05) is 26.7 Å². The van der Waals surface area contributed by atoms with Crippen molar-refractivity contribution in [3.63, 3.8) is 0 Å². The molecule has 0 aliphatic carbocycles. The Morgan fingerprint density at radius 2 is 2.00 bits per heavy atom. The number of benzene rings is 1. The number of hydrogen-bond acceptors (Lipinski definition) is 2. The highest BCUT2D eigenvalue weighted by molar-refractivity contribution is 6.34. The third-order valence-corrected chi connectivity index (χ3v) is 4.29. The molecule has 0 N–H and O–H groups in total. The van der Waals surface area contributed by atoms with E-state index >= 15 is 0 Å². The zero-order valence-electron chi connectivity index (χ0n) is 11.4. The number of hydrogen-bond donors (Lipinski definition) is 0. The van der Waals surface area contributed by atoms with Gasteiger partial charge in [-0.2, -0.15) is 0 Å². The average Bonchev–Trinajstić information content (AvgIpc) is 2.40. The van der Waals surface area contributed by atoms with E-state index in [-0.39, 0.29) is 0 Å². The van der Waals surface area contributed by atoms with Crippen LogP contribution in [0.2, 0.25) is 10.0 Å². The van der Waals surface area contributed by atoms with E-state index in [0.717, 1.165) is 12.3 Å². The van der Waals surface area contributed by atoms with Crippen molar-refractivity contribution in [1.29, 1.82) is 0 Å². The van der Waals surface area contributed by atoms with Gasteiger partial charge in [0.05, 0.1) is 11.6 Å². The van der Waals surface area contributed by atoms with E-state index in [1.54, 1.807) is 18.2 Å². The highest BCUT2D eigenvalue weighted by atomic mass is 35.5. The van der Waals surface area contributed by atoms with Crippen LogP contribution in [0.3, 0.4) is 0 Å². The van der Waals surface area contributed by atoms with Gasteiger partial charge >= 0.3 is 0 Å². The molecule has 0 saturated carbocycles. The van der Waals surface area contributed by atoms with Gasteiger partial charge in [0.25, 0.3) is 0 Å². The highest BCUT2D eigenvalue weighted by Gasteiger charge is 2.16. The summed E-state index contributed by atoms with van der Waals surface area (Å²) < 4.78 is 5.70. The summed E-state index contributed by atoms with van der Waals surface area (Å²) >= 11 is 12.0. The molecule has 4 heteroatoms. The second kappa shape index (κ2) is 7.37. The van der Waals surface area contributed by atoms with Crippen molar-refractivity contribution in [3.8, 4) is 5.75 Å². The molecule has 1 aromatic rings. The molecule has 0 bridgehead atoms. The Morgan fingerprint density at radius 1 is 1.26 bits per heavy atom. The molecule has 1 saturated heterocycles. The zero-order chi connectivity index (χ0) is 13.7. The first-order valence-corrected chi connectivity index (χ1v) is 7.67. The van der Waals surface area contributed by atoms with Crippen LogP contribution in [0.5, 0.6) is 5.75 Å². The second-order valence-electron chi connectivity index (χ2n) is 5.31. The van der Waals surface area contributed by atoms with Crippen molar-refractivity contribution >= 4 is 23.2 Å². The maximum atomic E-state index is 6.05. The molecule has 2 nitrogen and oxygen atoms in total. The summed E-state index contributed by atoms with van der Waals surface area (Å²) in [6.45, 7) is 3.17. The molecule has 0 unspecified atom stereocenters. The summed E-state index contributed by atoms with van der Waals surface area (Å²) in [5.41, 5.74) is 0. The van der Waals surface area contributed by atoms with E-state index in [0.29, 0.717) is 22.4 Å². The van der Waals surface area contributed by atoms with Gasteiger partial charge in [0.2, 0.25) is 0 Å². The third-order valence-electron chi connectivity index (χ3n) is 3.75. The molecule has 1 aromatic carbocycles. The molecule has 0 atom stereocenters. The number of nitrogens with zero attached hydrogens (tertiary/aromatic N) is 1. The third kappa shape index (κ3) is 4.87. The maximum absolute atomic E-state index is 6.05. The normalized spacial score (nSPS) is 17.6. The standard InChI is InChI=1S/C15H21Cl2NO/c1-18-8-6-12(7-9-18)3-2-10-19-15-11-13(16)4-5-14(15)17/h4-5,11-12H,2-3,6-10H2,1H3. The summed E-state index contributed by atoms with van der Waals surface area (Å²) in [5.74, 6) is 1.55. The van der Waals surface area contributed by atoms with Gasteiger partial charge in [0, 0.05) is 11.1 Å². The molecule has 1 heterocycles. The van der Waals surface area contributed by atoms with Gasteiger partial charge < -0.3 is 9.64 Å². The van der Waals surface area contributed by atoms with Crippen molar-refractivity contribution in [3.05, 3.63) is 28.2 Å². The van der Waals surface area contributed by atoms with E-state index in [2.05, 4.69) is 11.9 Å². The SMILES string of the molecule is CN1CCC(CCCOc2cc(Cl)ccc2Cl)CC1. The largest absolute Gasteiger partial charge is 0.492 e. The van der Waals surface area contributed by atoms with Crippen LogP contribution in [0.25, 0.3) is 0 Å². The van der Waals surface area contributed by atoms with Crippen molar-refractivity contribution in [1.82, 2.24) is 4.90 Å². The van der Waals surface area contributed by atoms with Crippen LogP contribution >= 0.6 is 23.2 Å². The number of rotatable bonds is 5. The lowest BCUT2D eigenvalue weighted by molar-refractivity contribution is 0.200. The van der Waals surface area contributed by atoms with Crippen LogP contribution in [-0.4, -0.2) is 31.6 Å². The summed E-state index contributed by atoms with van der Waals surface area (Å²) in [4.78, 5) is 2.40. The molecule has 1 aliphatic heterocycles. The van der Waals surface area contributed by atoms with Crippen LogP contribution in [0, 0.1) is 5.92 Å². The quantitative estimate of drug-likeness (QED) is 0.743. The Balaban J connectivity index is 1.68. The van der Waals surface area contributed by atoms with Crippen molar-refractivity contribution in [2.45, 2.75) is 25.7 Å². The Bertz CT molecular complexity index is 403. The second-order valence-corrected chi connectivity index (χ2v) is 6.16. The molecular formula is C15H21Cl2NO. The predicted molar refractivity (Wildman–Crippen MR) is 81.4 cm³/mol. The van der Waals surface area contributed by atoms with Gasteiger partial charge in [-0.15, -0.1) is 0 Å². The van der Waals surface area contributed by atoms with Gasteiger partial charge in [-0.05, 0) is 63.9 Å². The fourth-order valence-electron chi connectivity index (χ4n) is 2.49. The fraction of sp³-hybridized carbons (Fsp3) is 0.600. The van der Waals surface area contributed by atoms with Crippen LogP contribution in [0.15, 0.2) is 18.2 Å². The Kier molecular flexibility index (Phi) is 5.80. The van der Waals surface area contributed by atoms with E-state index in [1.165, 1.54) is 32.4 Å². The number of piperidine rings is 1. The number of likely N-dealkylation sites (tertiary alicyclic amines) is 1. The summed E-state index contributed by atoms with van der Waals surface area (Å²) in [7, 11) is 2.19. The minimum Gasteiger partial charge on any atom is -0.492 e. The van der Waals surface area contributed by atoms with Crippen molar-refractivity contribution in [2.24, 2.45) is 5.92 Å². The maximum Gasteiger partial charge on any atom is 0.139 e. The zero-order valence-corrected chi connectivity index (χ0v) is 12.9. The molecule has 2 rings (SSSR count). The van der Waals surface area contributed by atoms with Gasteiger partial charge in [0.1, 0.15) is 5.75 Å². The summed E-state index contributed by atoms with van der Waals surface area (Å²) in [5, 5.41) is 1.29. The first-order valence-electron chi connectivity index (χ1n) is 6.91. The lowest BCUT2D eigenvalue weighted by Gasteiger charge is -2.28. The van der Waals surface area contributed by atoms with Gasteiger partial charge in [0.15, 0.2) is 0 Å². The molecule has 19 heavy (non-hydrogen) atoms. The number of ether oxygens (including phenoxy) is 1. The van der Waals surface area contributed by atoms with E-state index in [4.69, 9.17) is 27.9 Å². The molecule has 0 radical (unpaired) electrons. The van der Waals surface area contributed by atoms with E-state index in [9.17, 15) is 0 Å². The lowest BCUT2D eigenvalue weighted by Crippen LogP contribution is -2.30. The lowest BCUT2D eigenvalue weighted by atomic mass is 9.93. The average molecular weight is 302 g/mol. The first-order chi connectivity index (χ1) is 9.15. The first kappa shape index (κ1) is 15.0. The Hall–Kier alpha value is -0.440. The molecule has 106 valence electrons. The van der Waals surface area contributed by atoms with Crippen LogP contribution < -0.4 is 4.74 Å². The molecule has 1 fully saturated rings. The smallest absolute Gasteiger partial charge is 0.139 e. The van der Waals surface area contributed by atoms with Crippen LogP contribution in [-0.2, 0) is 0 Å². The predicted octanol–water partition coefficient (Wildman–Crippen LogP) is 4.49. The number of halogens is 2. The monoisotopic (exact) mass is 301 g/mol. The summed E-state index contributed by atoms with van der Waals surface area (Å²) in [6.07, 6.45) is 4.95. The fourth-order valence-corrected chi connectivity index (χ4v) is 2.83. The summed E-state index contributed by atoms with van der Waals surface area (Å²) in [6, 6.07) is 5.32. The Morgan fingerprint density at radius 3 is 2.74 bits per heavy atom. The highest BCUT2D eigenvalue weighted by Crippen LogP contribution is 2.28.